The van der Waals surface area contributed by atoms with E-state index in [4.69, 9.17) is 10.1 Å². The smallest absolute Gasteiger partial charge is 0.126 e. The molecule has 0 aliphatic heterocycles. The highest BCUT2D eigenvalue weighted by molar-refractivity contribution is 5.99. The topological polar surface area (TPSA) is 45.1 Å². The number of halogens is 2. The minimum Gasteiger partial charge on any atom is -0.496 e. The third kappa shape index (κ3) is 5.39. The lowest BCUT2D eigenvalue weighted by Gasteiger charge is -2.16. The fraction of sp³-hybridized carbons (Fsp3) is 0.174. The Labute approximate surface area is 164 Å². The van der Waals surface area contributed by atoms with Gasteiger partial charge in [0.05, 0.1) is 7.11 Å². The normalized spacial score (nSPS) is 11.5. The molecule has 28 heavy (non-hydrogen) atoms. The molecule has 2 rings (SSSR count). The monoisotopic (exact) mass is 382 g/mol. The second-order valence-electron chi connectivity index (χ2n) is 6.25. The minimum atomic E-state index is -0.344. The molecule has 0 unspecified atom stereocenters. The predicted octanol–water partition coefficient (Wildman–Crippen LogP) is 5.71. The molecule has 0 saturated carbocycles. The molecule has 0 fully saturated rings. The first-order chi connectivity index (χ1) is 13.3. The van der Waals surface area contributed by atoms with E-state index in [1.807, 2.05) is 19.1 Å². The zero-order valence-corrected chi connectivity index (χ0v) is 16.3. The van der Waals surface area contributed by atoms with Crippen LogP contribution in [0, 0.1) is 18.2 Å². The van der Waals surface area contributed by atoms with E-state index in [1.165, 1.54) is 24.3 Å². The van der Waals surface area contributed by atoms with Crippen molar-refractivity contribution in [1.29, 1.82) is 5.41 Å². The molecule has 5 heteroatoms. The van der Waals surface area contributed by atoms with Crippen molar-refractivity contribution in [2.45, 2.75) is 13.8 Å². The van der Waals surface area contributed by atoms with Crippen LogP contribution in [-0.2, 0) is 0 Å². The van der Waals surface area contributed by atoms with Crippen molar-refractivity contribution < 1.29 is 13.5 Å². The Morgan fingerprint density at radius 1 is 1.18 bits per heavy atom. The molecule has 0 aliphatic carbocycles. The maximum Gasteiger partial charge on any atom is 0.126 e. The van der Waals surface area contributed by atoms with Crippen molar-refractivity contribution in [1.82, 2.24) is 5.32 Å². The van der Waals surface area contributed by atoms with Crippen molar-refractivity contribution in [3.63, 3.8) is 0 Å². The summed E-state index contributed by atoms with van der Waals surface area (Å²) in [6.45, 7) is 7.64. The molecule has 0 amide bonds. The van der Waals surface area contributed by atoms with Crippen LogP contribution in [-0.4, -0.2) is 19.5 Å². The summed E-state index contributed by atoms with van der Waals surface area (Å²) in [5, 5.41) is 11.4. The van der Waals surface area contributed by atoms with Gasteiger partial charge in [-0.3, -0.25) is 5.41 Å². The van der Waals surface area contributed by atoms with E-state index in [0.29, 0.717) is 23.4 Å². The second kappa shape index (κ2) is 9.65. The highest BCUT2D eigenvalue weighted by Gasteiger charge is 2.13. The van der Waals surface area contributed by atoms with Crippen molar-refractivity contribution in [3.05, 3.63) is 89.5 Å². The number of hydrogen-bond donors (Lipinski definition) is 2. The minimum absolute atomic E-state index is 0.195. The van der Waals surface area contributed by atoms with Gasteiger partial charge in [-0.25, -0.2) is 8.78 Å². The molecule has 0 aromatic heterocycles. The highest BCUT2D eigenvalue weighted by Crippen LogP contribution is 2.30. The van der Waals surface area contributed by atoms with Gasteiger partial charge >= 0.3 is 0 Å². The van der Waals surface area contributed by atoms with Crippen molar-refractivity contribution in [2.75, 3.05) is 13.7 Å². The number of amidine groups is 1. The molecule has 146 valence electrons. The van der Waals surface area contributed by atoms with Crippen LogP contribution in [0.25, 0.3) is 11.1 Å². The summed E-state index contributed by atoms with van der Waals surface area (Å²) in [4.78, 5) is 0. The molecule has 2 aromatic rings. The van der Waals surface area contributed by atoms with Gasteiger partial charge in [0.1, 0.15) is 23.2 Å². The summed E-state index contributed by atoms with van der Waals surface area (Å²) in [5.74, 6) is 0.181. The Morgan fingerprint density at radius 2 is 1.86 bits per heavy atom. The number of benzene rings is 2. The van der Waals surface area contributed by atoms with E-state index in [0.717, 1.165) is 16.7 Å². The zero-order chi connectivity index (χ0) is 20.7. The number of allylic oxidation sites excluding steroid dienone is 3. The molecule has 2 aromatic carbocycles. The third-order valence-corrected chi connectivity index (χ3v) is 4.27. The molecule has 0 aliphatic rings. The Morgan fingerprint density at radius 3 is 2.46 bits per heavy atom. The lowest BCUT2D eigenvalue weighted by molar-refractivity contribution is 0.412. The SMILES string of the molecule is C=C(/C=C\C(F)=C/C)CNC(=N)c1cc(-c2ccc(F)cc2)cc(OC)c1C. The van der Waals surface area contributed by atoms with Gasteiger partial charge in [-0.05, 0) is 60.9 Å². The first kappa shape index (κ1) is 21.1. The molecule has 0 heterocycles. The molecule has 0 saturated heterocycles. The summed E-state index contributed by atoms with van der Waals surface area (Å²) >= 11 is 0. The first-order valence-corrected chi connectivity index (χ1v) is 8.80. The van der Waals surface area contributed by atoms with Gasteiger partial charge in [-0.2, -0.15) is 0 Å². The van der Waals surface area contributed by atoms with Crippen molar-refractivity contribution in [3.8, 4) is 16.9 Å². The van der Waals surface area contributed by atoms with Crippen LogP contribution >= 0.6 is 0 Å². The fourth-order valence-electron chi connectivity index (χ4n) is 2.62. The number of methoxy groups -OCH3 is 1. The summed E-state index contributed by atoms with van der Waals surface area (Å²) in [6.07, 6.45) is 4.25. The van der Waals surface area contributed by atoms with Crippen LogP contribution in [0.2, 0.25) is 0 Å². The van der Waals surface area contributed by atoms with Crippen molar-refractivity contribution >= 4 is 5.84 Å². The molecule has 0 atom stereocenters. The average molecular weight is 382 g/mol. The van der Waals surface area contributed by atoms with Crippen molar-refractivity contribution in [2.24, 2.45) is 0 Å². The van der Waals surface area contributed by atoms with Gasteiger partial charge in [0.2, 0.25) is 0 Å². The first-order valence-electron chi connectivity index (χ1n) is 8.80. The number of ether oxygens (including phenoxy) is 1. The maximum absolute atomic E-state index is 13.2. The average Bonchev–Trinajstić information content (AvgIpc) is 2.70. The van der Waals surface area contributed by atoms with E-state index in [1.54, 1.807) is 32.2 Å². The third-order valence-electron chi connectivity index (χ3n) is 4.27. The van der Waals surface area contributed by atoms with Crippen LogP contribution in [0.1, 0.15) is 18.1 Å². The summed E-state index contributed by atoms with van der Waals surface area (Å²) in [6, 6.07) is 9.88. The summed E-state index contributed by atoms with van der Waals surface area (Å²) < 4.78 is 31.8. The van der Waals surface area contributed by atoms with Gasteiger partial charge in [-0.1, -0.05) is 30.9 Å². The molecule has 0 radical (unpaired) electrons. The van der Waals surface area contributed by atoms with Gasteiger partial charge < -0.3 is 10.1 Å². The van der Waals surface area contributed by atoms with Crippen LogP contribution in [0.3, 0.4) is 0 Å². The van der Waals surface area contributed by atoms with Gasteiger partial charge in [0, 0.05) is 17.7 Å². The largest absolute Gasteiger partial charge is 0.496 e. The zero-order valence-electron chi connectivity index (χ0n) is 16.3. The molecule has 2 N–H and O–H groups in total. The Hall–Kier alpha value is -3.21. The second-order valence-corrected chi connectivity index (χ2v) is 6.25. The van der Waals surface area contributed by atoms with Gasteiger partial charge in [0.25, 0.3) is 0 Å². The standard InChI is InChI=1S/C23H24F2N2O/c1-5-19(24)9-6-15(2)14-27-23(26)21-12-18(13-22(28-4)16(21)3)17-7-10-20(25)11-8-17/h5-13H,2,14H2,1,3-4H3,(H2,26,27)/b9-6-,19-5+. The maximum atomic E-state index is 13.2. The fourth-order valence-corrected chi connectivity index (χ4v) is 2.62. The van der Waals surface area contributed by atoms with Crippen LogP contribution < -0.4 is 10.1 Å². The molecular formula is C23H24F2N2O. The van der Waals surface area contributed by atoms with Crippen LogP contribution in [0.15, 0.2) is 72.6 Å². The van der Waals surface area contributed by atoms with E-state index in [2.05, 4.69) is 11.9 Å². The summed E-state index contributed by atoms with van der Waals surface area (Å²) in [5.41, 5.74) is 3.75. The number of hydrogen-bond acceptors (Lipinski definition) is 2. The highest BCUT2D eigenvalue weighted by atomic mass is 19.1. The van der Waals surface area contributed by atoms with E-state index < -0.39 is 0 Å². The van der Waals surface area contributed by atoms with E-state index >= 15 is 0 Å². The number of nitrogens with one attached hydrogen (secondary N) is 2. The Kier molecular flexibility index (Phi) is 7.27. The molecular weight excluding hydrogens is 358 g/mol. The predicted molar refractivity (Wildman–Crippen MR) is 111 cm³/mol. The van der Waals surface area contributed by atoms with Crippen LogP contribution in [0.4, 0.5) is 8.78 Å². The van der Waals surface area contributed by atoms with E-state index in [-0.39, 0.29) is 17.5 Å². The van der Waals surface area contributed by atoms with Crippen LogP contribution in [0.5, 0.6) is 5.75 Å². The lowest BCUT2D eigenvalue weighted by Crippen LogP contribution is -2.26. The lowest BCUT2D eigenvalue weighted by atomic mass is 9.98. The quantitative estimate of drug-likeness (QED) is 0.366. The number of rotatable bonds is 7. The van der Waals surface area contributed by atoms with Gasteiger partial charge in [0.15, 0.2) is 0 Å². The molecule has 3 nitrogen and oxygen atoms in total. The summed E-state index contributed by atoms with van der Waals surface area (Å²) in [7, 11) is 1.57. The van der Waals surface area contributed by atoms with Gasteiger partial charge in [-0.15, -0.1) is 0 Å². The molecule has 0 spiro atoms. The Balaban J connectivity index is 2.24. The van der Waals surface area contributed by atoms with E-state index in [9.17, 15) is 8.78 Å². The molecule has 0 bridgehead atoms. The Bertz CT molecular complexity index is 928.